The molecule has 92 valence electrons. The average molecular weight is 269 g/mol. The Labute approximate surface area is 108 Å². The second kappa shape index (κ2) is 5.66. The lowest BCUT2D eigenvalue weighted by atomic mass is 10.2. The first-order valence-corrected chi connectivity index (χ1v) is 7.27. The largest absolute Gasteiger partial charge is 0.396 e. The Morgan fingerprint density at radius 2 is 2.35 bits per heavy atom. The van der Waals surface area contributed by atoms with E-state index in [0.717, 1.165) is 21.0 Å². The molecular weight excluding hydrogens is 254 g/mol. The van der Waals surface area contributed by atoms with Crippen LogP contribution in [-0.4, -0.2) is 34.5 Å². The molecule has 1 atom stereocenters. The second-order valence-corrected chi connectivity index (χ2v) is 5.74. The van der Waals surface area contributed by atoms with Crippen LogP contribution >= 0.6 is 23.1 Å². The summed E-state index contributed by atoms with van der Waals surface area (Å²) in [7, 11) is 1.82. The Morgan fingerprint density at radius 3 is 3.06 bits per heavy atom. The summed E-state index contributed by atoms with van der Waals surface area (Å²) in [4.78, 5) is 9.86. The van der Waals surface area contributed by atoms with Gasteiger partial charge in [0.25, 0.3) is 0 Å². The van der Waals surface area contributed by atoms with Gasteiger partial charge in [-0.1, -0.05) is 6.92 Å². The lowest BCUT2D eigenvalue weighted by molar-refractivity contribution is 0.250. The van der Waals surface area contributed by atoms with Crippen LogP contribution in [0.2, 0.25) is 0 Å². The van der Waals surface area contributed by atoms with Gasteiger partial charge >= 0.3 is 0 Å². The maximum absolute atomic E-state index is 9.03. The van der Waals surface area contributed by atoms with Gasteiger partial charge in [-0.3, -0.25) is 0 Å². The normalized spacial score (nSPS) is 12.9. The van der Waals surface area contributed by atoms with E-state index in [0.29, 0.717) is 5.95 Å². The minimum absolute atomic E-state index is 0.212. The SMILES string of the molecule is CNc1nc(SCC(C)CO)c2ccsc2n1. The van der Waals surface area contributed by atoms with Gasteiger partial charge in [0.1, 0.15) is 9.86 Å². The van der Waals surface area contributed by atoms with Crippen molar-refractivity contribution in [3.63, 3.8) is 0 Å². The van der Waals surface area contributed by atoms with Crippen molar-refractivity contribution < 1.29 is 5.11 Å². The zero-order valence-corrected chi connectivity index (χ0v) is 11.4. The highest BCUT2D eigenvalue weighted by Gasteiger charge is 2.10. The first kappa shape index (κ1) is 12.6. The summed E-state index contributed by atoms with van der Waals surface area (Å²) in [5, 5.41) is 16.1. The Balaban J connectivity index is 2.27. The summed E-state index contributed by atoms with van der Waals surface area (Å²) in [6, 6.07) is 2.05. The molecule has 0 bridgehead atoms. The molecule has 0 aromatic carbocycles. The Kier molecular flexibility index (Phi) is 4.20. The predicted molar refractivity (Wildman–Crippen MR) is 73.9 cm³/mol. The molecule has 0 radical (unpaired) electrons. The van der Waals surface area contributed by atoms with Crippen LogP contribution in [0.3, 0.4) is 0 Å². The van der Waals surface area contributed by atoms with E-state index < -0.39 is 0 Å². The van der Waals surface area contributed by atoms with Gasteiger partial charge in [-0.2, -0.15) is 0 Å². The molecule has 2 aromatic rings. The molecular formula is C11H15N3OS2. The van der Waals surface area contributed by atoms with E-state index in [2.05, 4.69) is 15.3 Å². The number of fused-ring (bicyclic) bond motifs is 1. The highest BCUT2D eigenvalue weighted by Crippen LogP contribution is 2.30. The van der Waals surface area contributed by atoms with Crippen molar-refractivity contribution in [2.24, 2.45) is 5.92 Å². The highest BCUT2D eigenvalue weighted by molar-refractivity contribution is 7.99. The second-order valence-electron chi connectivity index (χ2n) is 3.84. The maximum atomic E-state index is 9.03. The molecule has 2 N–H and O–H groups in total. The molecule has 0 saturated heterocycles. The summed E-state index contributed by atoms with van der Waals surface area (Å²) in [5.74, 6) is 1.79. The van der Waals surface area contributed by atoms with Gasteiger partial charge in [0, 0.05) is 24.8 Å². The Bertz CT molecular complexity index is 500. The first-order valence-electron chi connectivity index (χ1n) is 5.41. The van der Waals surface area contributed by atoms with Crippen molar-refractivity contribution in [3.05, 3.63) is 11.4 Å². The van der Waals surface area contributed by atoms with Crippen LogP contribution in [0, 0.1) is 5.92 Å². The van der Waals surface area contributed by atoms with Crippen LogP contribution in [-0.2, 0) is 0 Å². The summed E-state index contributed by atoms with van der Waals surface area (Å²) < 4.78 is 0. The van der Waals surface area contributed by atoms with Gasteiger partial charge in [-0.25, -0.2) is 9.97 Å². The van der Waals surface area contributed by atoms with Crippen molar-refractivity contribution in [3.8, 4) is 0 Å². The number of anilines is 1. The number of thioether (sulfide) groups is 1. The van der Waals surface area contributed by atoms with Crippen LogP contribution in [0.25, 0.3) is 10.2 Å². The van der Waals surface area contributed by atoms with Crippen LogP contribution in [0.1, 0.15) is 6.92 Å². The molecule has 0 aliphatic heterocycles. The number of rotatable bonds is 5. The van der Waals surface area contributed by atoms with Crippen molar-refractivity contribution in [2.45, 2.75) is 11.9 Å². The minimum atomic E-state index is 0.212. The summed E-state index contributed by atoms with van der Waals surface area (Å²) in [6.45, 7) is 2.24. The first-order chi connectivity index (χ1) is 8.24. The maximum Gasteiger partial charge on any atom is 0.224 e. The van der Waals surface area contributed by atoms with Crippen LogP contribution in [0.4, 0.5) is 5.95 Å². The Hall–Kier alpha value is -0.850. The van der Waals surface area contributed by atoms with Gasteiger partial charge in [0.15, 0.2) is 0 Å². The molecule has 4 nitrogen and oxygen atoms in total. The molecule has 6 heteroatoms. The zero-order valence-electron chi connectivity index (χ0n) is 9.80. The standard InChI is InChI=1S/C11H15N3OS2/c1-7(5-15)6-17-10-8-3-4-16-9(8)13-11(12-2)14-10/h3-4,7,15H,5-6H2,1-2H3,(H,12,13,14). The van der Waals surface area contributed by atoms with Crippen LogP contribution in [0.5, 0.6) is 0 Å². The van der Waals surface area contributed by atoms with Gasteiger partial charge in [0.05, 0.1) is 0 Å². The molecule has 2 rings (SSSR count). The molecule has 0 spiro atoms. The van der Waals surface area contributed by atoms with Gasteiger partial charge < -0.3 is 10.4 Å². The lowest BCUT2D eigenvalue weighted by Gasteiger charge is -2.08. The highest BCUT2D eigenvalue weighted by atomic mass is 32.2. The molecule has 2 aromatic heterocycles. The summed E-state index contributed by atoms with van der Waals surface area (Å²) in [6.07, 6.45) is 0. The van der Waals surface area contributed by atoms with Crippen molar-refractivity contribution >= 4 is 39.3 Å². The molecule has 0 aliphatic rings. The monoisotopic (exact) mass is 269 g/mol. The number of nitrogens with one attached hydrogen (secondary N) is 1. The van der Waals surface area contributed by atoms with Crippen molar-refractivity contribution in [1.82, 2.24) is 9.97 Å². The molecule has 0 saturated carbocycles. The number of thiophene rings is 1. The third-order valence-corrected chi connectivity index (χ3v) is 4.46. The fourth-order valence-corrected chi connectivity index (χ4v) is 3.17. The topological polar surface area (TPSA) is 58.0 Å². The Morgan fingerprint density at radius 1 is 1.53 bits per heavy atom. The van der Waals surface area contributed by atoms with Crippen molar-refractivity contribution in [2.75, 3.05) is 24.7 Å². The molecule has 1 unspecified atom stereocenters. The molecule has 0 amide bonds. The van der Waals surface area contributed by atoms with E-state index in [9.17, 15) is 0 Å². The van der Waals surface area contributed by atoms with Gasteiger partial charge in [-0.05, 0) is 17.4 Å². The van der Waals surface area contributed by atoms with Gasteiger partial charge in [0.2, 0.25) is 5.95 Å². The van der Waals surface area contributed by atoms with E-state index in [1.807, 2.05) is 25.4 Å². The fraction of sp³-hybridized carbons (Fsp3) is 0.455. The third kappa shape index (κ3) is 2.88. The van der Waals surface area contributed by atoms with E-state index in [1.165, 1.54) is 0 Å². The third-order valence-electron chi connectivity index (χ3n) is 2.33. The summed E-state index contributed by atoms with van der Waals surface area (Å²) >= 11 is 3.29. The fourth-order valence-electron chi connectivity index (χ4n) is 1.32. The van der Waals surface area contributed by atoms with E-state index in [1.54, 1.807) is 23.1 Å². The number of aliphatic hydroxyl groups is 1. The zero-order chi connectivity index (χ0) is 12.3. The van der Waals surface area contributed by atoms with E-state index in [-0.39, 0.29) is 12.5 Å². The lowest BCUT2D eigenvalue weighted by Crippen LogP contribution is -2.04. The summed E-state index contributed by atoms with van der Waals surface area (Å²) in [5.41, 5.74) is 0. The number of hydrogen-bond donors (Lipinski definition) is 2. The number of aliphatic hydroxyl groups excluding tert-OH is 1. The number of nitrogens with zero attached hydrogens (tertiary/aromatic N) is 2. The minimum Gasteiger partial charge on any atom is -0.396 e. The van der Waals surface area contributed by atoms with Gasteiger partial charge in [-0.15, -0.1) is 23.1 Å². The molecule has 0 aliphatic carbocycles. The molecule has 0 fully saturated rings. The molecule has 2 heterocycles. The molecule has 17 heavy (non-hydrogen) atoms. The number of aromatic nitrogens is 2. The predicted octanol–water partition coefficient (Wildman–Crippen LogP) is 2.45. The van der Waals surface area contributed by atoms with E-state index in [4.69, 9.17) is 5.11 Å². The smallest absolute Gasteiger partial charge is 0.224 e. The van der Waals surface area contributed by atoms with E-state index >= 15 is 0 Å². The number of hydrogen-bond acceptors (Lipinski definition) is 6. The average Bonchev–Trinajstić information content (AvgIpc) is 2.83. The van der Waals surface area contributed by atoms with Crippen molar-refractivity contribution in [1.29, 1.82) is 0 Å². The van der Waals surface area contributed by atoms with Crippen LogP contribution < -0.4 is 5.32 Å². The quantitative estimate of drug-likeness (QED) is 0.645. The van der Waals surface area contributed by atoms with Crippen LogP contribution in [0.15, 0.2) is 16.5 Å².